The van der Waals surface area contributed by atoms with Crippen molar-refractivity contribution in [3.05, 3.63) is 29.3 Å². The number of hydrogen-bond donors (Lipinski definition) is 3. The number of nitrogens with one attached hydrogen (secondary N) is 3. The van der Waals surface area contributed by atoms with Crippen LogP contribution in [0.5, 0.6) is 5.75 Å². The molecule has 1 aliphatic carbocycles. The maximum absolute atomic E-state index is 12.3. The summed E-state index contributed by atoms with van der Waals surface area (Å²) in [4.78, 5) is 12.3. The summed E-state index contributed by atoms with van der Waals surface area (Å²) in [5.41, 5.74) is 6.91. The Bertz CT molecular complexity index is 606. The number of methoxy groups -OCH3 is 1. The zero-order chi connectivity index (χ0) is 17.7. The lowest BCUT2D eigenvalue weighted by Crippen LogP contribution is -2.52. The Morgan fingerprint density at radius 3 is 2.71 bits per heavy atom. The van der Waals surface area contributed by atoms with Crippen LogP contribution in [0.25, 0.3) is 0 Å². The minimum absolute atomic E-state index is 0.273. The number of hydrazine groups is 1. The van der Waals surface area contributed by atoms with Crippen molar-refractivity contribution in [2.75, 3.05) is 7.11 Å². The molecule has 3 N–H and O–H groups in total. The molecular formula is C18H27N3O2S. The molecule has 6 heteroatoms. The van der Waals surface area contributed by atoms with Crippen LogP contribution >= 0.6 is 12.2 Å². The topological polar surface area (TPSA) is 62.4 Å². The fourth-order valence-electron chi connectivity index (χ4n) is 3.17. The van der Waals surface area contributed by atoms with Crippen molar-refractivity contribution in [1.29, 1.82) is 0 Å². The Morgan fingerprint density at radius 1 is 1.25 bits per heavy atom. The lowest BCUT2D eigenvalue weighted by Gasteiger charge is -2.35. The van der Waals surface area contributed by atoms with Gasteiger partial charge >= 0.3 is 0 Å². The van der Waals surface area contributed by atoms with Gasteiger partial charge in [0.1, 0.15) is 5.75 Å². The monoisotopic (exact) mass is 349 g/mol. The molecule has 1 aliphatic rings. The molecule has 3 atom stereocenters. The third kappa shape index (κ3) is 4.60. The lowest BCUT2D eigenvalue weighted by molar-refractivity contribution is 0.0940. The third-order valence-electron chi connectivity index (χ3n) is 4.91. The van der Waals surface area contributed by atoms with E-state index in [1.807, 2.05) is 13.0 Å². The minimum Gasteiger partial charge on any atom is -0.496 e. The van der Waals surface area contributed by atoms with E-state index < -0.39 is 0 Å². The molecule has 0 unspecified atom stereocenters. The van der Waals surface area contributed by atoms with E-state index in [4.69, 9.17) is 17.0 Å². The van der Waals surface area contributed by atoms with Crippen LogP contribution in [0.15, 0.2) is 18.2 Å². The van der Waals surface area contributed by atoms with Gasteiger partial charge in [0.15, 0.2) is 5.11 Å². The SMILES string of the molecule is COc1ccc(C)cc1C(=O)NNC(=S)N[C@@H]1CCC[C@@H](C)[C@@H]1C. The van der Waals surface area contributed by atoms with Crippen LogP contribution in [0.1, 0.15) is 49.0 Å². The molecule has 0 heterocycles. The first-order chi connectivity index (χ1) is 11.4. The number of thiocarbonyl (C=S) groups is 1. The maximum Gasteiger partial charge on any atom is 0.273 e. The second-order valence-corrected chi connectivity index (χ2v) is 7.04. The Balaban J connectivity index is 1.89. The molecule has 24 heavy (non-hydrogen) atoms. The first-order valence-electron chi connectivity index (χ1n) is 8.44. The van der Waals surface area contributed by atoms with Crippen LogP contribution in [0.4, 0.5) is 0 Å². The summed E-state index contributed by atoms with van der Waals surface area (Å²) < 4.78 is 5.24. The number of carbonyl (C=O) groups is 1. The van der Waals surface area contributed by atoms with E-state index in [-0.39, 0.29) is 5.91 Å². The first-order valence-corrected chi connectivity index (χ1v) is 8.84. The molecule has 5 nitrogen and oxygen atoms in total. The van der Waals surface area contributed by atoms with Gasteiger partial charge in [0.05, 0.1) is 12.7 Å². The number of benzene rings is 1. The second kappa shape index (κ2) is 8.33. The fourth-order valence-corrected chi connectivity index (χ4v) is 3.37. The zero-order valence-corrected chi connectivity index (χ0v) is 15.6. The average Bonchev–Trinajstić information content (AvgIpc) is 2.56. The van der Waals surface area contributed by atoms with Gasteiger partial charge in [-0.1, -0.05) is 38.3 Å². The molecule has 0 bridgehead atoms. The molecule has 1 aromatic rings. The van der Waals surface area contributed by atoms with Gasteiger partial charge < -0.3 is 10.1 Å². The molecule has 1 fully saturated rings. The normalized spacial score (nSPS) is 23.2. The summed E-state index contributed by atoms with van der Waals surface area (Å²) in [7, 11) is 1.55. The van der Waals surface area contributed by atoms with Gasteiger partial charge in [-0.05, 0) is 49.5 Å². The van der Waals surface area contributed by atoms with E-state index >= 15 is 0 Å². The highest BCUT2D eigenvalue weighted by Gasteiger charge is 2.27. The summed E-state index contributed by atoms with van der Waals surface area (Å²) in [6.45, 7) is 6.46. The molecule has 1 amide bonds. The predicted molar refractivity (Wildman–Crippen MR) is 100 cm³/mol. The Kier molecular flexibility index (Phi) is 6.43. The average molecular weight is 350 g/mol. The Hall–Kier alpha value is -1.82. The maximum atomic E-state index is 12.3. The van der Waals surface area contributed by atoms with Crippen molar-refractivity contribution >= 4 is 23.2 Å². The number of rotatable bonds is 3. The smallest absolute Gasteiger partial charge is 0.273 e. The summed E-state index contributed by atoms with van der Waals surface area (Å²) in [6, 6.07) is 5.82. The van der Waals surface area contributed by atoms with E-state index in [1.54, 1.807) is 19.2 Å². The second-order valence-electron chi connectivity index (χ2n) is 6.63. The molecule has 0 radical (unpaired) electrons. The minimum atomic E-state index is -0.273. The van der Waals surface area contributed by atoms with Crippen molar-refractivity contribution < 1.29 is 9.53 Å². The van der Waals surface area contributed by atoms with E-state index in [2.05, 4.69) is 30.0 Å². The van der Waals surface area contributed by atoms with Gasteiger partial charge in [-0.3, -0.25) is 15.6 Å². The van der Waals surface area contributed by atoms with Crippen molar-refractivity contribution in [1.82, 2.24) is 16.2 Å². The molecule has 0 aromatic heterocycles. The van der Waals surface area contributed by atoms with Crippen molar-refractivity contribution in [2.24, 2.45) is 11.8 Å². The molecule has 1 aromatic carbocycles. The van der Waals surface area contributed by atoms with Crippen LogP contribution in [0.3, 0.4) is 0 Å². The lowest BCUT2D eigenvalue weighted by atomic mass is 9.78. The summed E-state index contributed by atoms with van der Waals surface area (Å²) in [5, 5.41) is 3.77. The summed E-state index contributed by atoms with van der Waals surface area (Å²) >= 11 is 5.31. The highest BCUT2D eigenvalue weighted by molar-refractivity contribution is 7.80. The van der Waals surface area contributed by atoms with E-state index in [0.29, 0.717) is 34.3 Å². The van der Waals surface area contributed by atoms with Gasteiger partial charge in [0, 0.05) is 6.04 Å². The predicted octanol–water partition coefficient (Wildman–Crippen LogP) is 2.94. The molecular weight excluding hydrogens is 322 g/mol. The van der Waals surface area contributed by atoms with E-state index in [1.165, 1.54) is 12.8 Å². The molecule has 0 aliphatic heterocycles. The van der Waals surface area contributed by atoms with Gasteiger partial charge in [0.2, 0.25) is 0 Å². The molecule has 2 rings (SSSR count). The van der Waals surface area contributed by atoms with E-state index in [0.717, 1.165) is 12.0 Å². The number of hydrogen-bond acceptors (Lipinski definition) is 3. The van der Waals surface area contributed by atoms with Crippen molar-refractivity contribution in [3.8, 4) is 5.75 Å². The highest BCUT2D eigenvalue weighted by atomic mass is 32.1. The van der Waals surface area contributed by atoms with Crippen molar-refractivity contribution in [3.63, 3.8) is 0 Å². The van der Waals surface area contributed by atoms with Crippen molar-refractivity contribution in [2.45, 2.75) is 46.1 Å². The highest BCUT2D eigenvalue weighted by Crippen LogP contribution is 2.29. The van der Waals surface area contributed by atoms with Crippen LogP contribution in [-0.2, 0) is 0 Å². The van der Waals surface area contributed by atoms with Gasteiger partial charge in [-0.25, -0.2) is 0 Å². The molecule has 1 saturated carbocycles. The zero-order valence-electron chi connectivity index (χ0n) is 14.8. The summed E-state index contributed by atoms with van der Waals surface area (Å²) in [5.74, 6) is 1.51. The summed E-state index contributed by atoms with van der Waals surface area (Å²) in [6.07, 6.45) is 3.58. The number of carbonyl (C=O) groups excluding carboxylic acids is 1. The van der Waals surface area contributed by atoms with Gasteiger partial charge in [-0.2, -0.15) is 0 Å². The Morgan fingerprint density at radius 2 is 2.00 bits per heavy atom. The number of aryl methyl sites for hydroxylation is 1. The van der Waals surface area contributed by atoms with Crippen LogP contribution in [-0.4, -0.2) is 24.2 Å². The van der Waals surface area contributed by atoms with Crippen LogP contribution in [0, 0.1) is 18.8 Å². The number of ether oxygens (including phenoxy) is 1. The third-order valence-corrected chi connectivity index (χ3v) is 5.13. The molecule has 0 saturated heterocycles. The van der Waals surface area contributed by atoms with Gasteiger partial charge in [0.25, 0.3) is 5.91 Å². The van der Waals surface area contributed by atoms with Crippen LogP contribution in [0.2, 0.25) is 0 Å². The molecule has 132 valence electrons. The van der Waals surface area contributed by atoms with Crippen LogP contribution < -0.4 is 20.9 Å². The quantitative estimate of drug-likeness (QED) is 0.578. The standard InChI is InChI=1S/C18H27N3O2S/c1-11-8-9-16(23-4)14(10-11)17(22)20-21-18(24)19-15-7-5-6-12(2)13(15)3/h8-10,12-13,15H,5-7H2,1-4H3,(H,20,22)(H2,19,21,24)/t12-,13+,15-/m1/s1. The fraction of sp³-hybridized carbons (Fsp3) is 0.556. The first kappa shape index (κ1) is 18.5. The Labute approximate surface area is 149 Å². The number of amides is 1. The van der Waals surface area contributed by atoms with Gasteiger partial charge in [-0.15, -0.1) is 0 Å². The largest absolute Gasteiger partial charge is 0.496 e. The van der Waals surface area contributed by atoms with E-state index in [9.17, 15) is 4.79 Å². The molecule has 0 spiro atoms.